The van der Waals surface area contributed by atoms with Gasteiger partial charge in [0.25, 0.3) is 0 Å². The zero-order valence-electron chi connectivity index (χ0n) is 8.46. The molecule has 0 nitrogen and oxygen atoms in total. The summed E-state index contributed by atoms with van der Waals surface area (Å²) in [5, 5.41) is -0.324. The van der Waals surface area contributed by atoms with Crippen LogP contribution < -0.4 is 0 Å². The van der Waals surface area contributed by atoms with E-state index in [-0.39, 0.29) is 16.1 Å². The smallest absolute Gasteiger partial charge is 0.207 e. The lowest BCUT2D eigenvalue weighted by molar-refractivity contribution is -0.127. The minimum atomic E-state index is -4.28. The van der Waals surface area contributed by atoms with Gasteiger partial charge in [0.15, 0.2) is 0 Å². The van der Waals surface area contributed by atoms with Crippen molar-refractivity contribution in [2.24, 2.45) is 0 Å². The van der Waals surface area contributed by atoms with Crippen molar-refractivity contribution in [3.8, 4) is 0 Å². The summed E-state index contributed by atoms with van der Waals surface area (Å²) >= 11 is 8.04. The number of halogens is 7. The van der Waals surface area contributed by atoms with E-state index in [1.54, 1.807) is 0 Å². The van der Waals surface area contributed by atoms with E-state index in [1.165, 1.54) is 6.92 Å². The summed E-state index contributed by atoms with van der Waals surface area (Å²) in [5.41, 5.74) is -0.213. The van der Waals surface area contributed by atoms with Crippen LogP contribution in [-0.2, 0) is 0 Å². The summed E-state index contributed by atoms with van der Waals surface area (Å²) in [5.74, 6) is -4.97. The molecule has 0 spiro atoms. The molecule has 0 saturated carbocycles. The Morgan fingerprint density at radius 1 is 1.29 bits per heavy atom. The van der Waals surface area contributed by atoms with Crippen LogP contribution in [0, 0.1) is 12.7 Å². The topological polar surface area (TPSA) is 0 Å². The number of alkyl halides is 5. The average molecular weight is 338 g/mol. The molecule has 0 aliphatic rings. The number of rotatable bonds is 3. The standard InChI is InChI=1S/C10H7BrClF5/c1-4-2-5(6(12)3-7(4)13)8(11)10(16,17)9(14)15/h2-3,8-9H,1H3. The van der Waals surface area contributed by atoms with Crippen LogP contribution in [0.15, 0.2) is 12.1 Å². The summed E-state index contributed by atoms with van der Waals surface area (Å²) in [4.78, 5) is -1.97. The first-order chi connectivity index (χ1) is 7.67. The summed E-state index contributed by atoms with van der Waals surface area (Å²) in [6.07, 6.45) is -3.84. The van der Waals surface area contributed by atoms with Gasteiger partial charge in [0.05, 0.1) is 0 Å². The second-order valence-corrected chi connectivity index (χ2v) is 4.78. The van der Waals surface area contributed by atoms with Crippen molar-refractivity contribution in [3.05, 3.63) is 34.1 Å². The predicted molar refractivity (Wildman–Crippen MR) is 58.8 cm³/mol. The molecular weight excluding hydrogens is 330 g/mol. The SMILES string of the molecule is Cc1cc(C(Br)C(F)(F)C(F)F)c(Cl)cc1F. The lowest BCUT2D eigenvalue weighted by Gasteiger charge is -2.22. The Balaban J connectivity index is 3.21. The fourth-order valence-electron chi connectivity index (χ4n) is 1.19. The Morgan fingerprint density at radius 2 is 1.82 bits per heavy atom. The maximum atomic E-state index is 13.1. The van der Waals surface area contributed by atoms with Crippen molar-refractivity contribution in [2.75, 3.05) is 0 Å². The van der Waals surface area contributed by atoms with Gasteiger partial charge in [-0.1, -0.05) is 33.6 Å². The van der Waals surface area contributed by atoms with E-state index in [0.717, 1.165) is 12.1 Å². The zero-order chi connectivity index (χ0) is 13.4. The molecule has 1 rings (SSSR count). The third kappa shape index (κ3) is 2.91. The minimum absolute atomic E-state index is 0.0546. The van der Waals surface area contributed by atoms with E-state index in [2.05, 4.69) is 15.9 Å². The molecule has 1 aromatic rings. The Labute approximate surface area is 108 Å². The van der Waals surface area contributed by atoms with Crippen molar-refractivity contribution >= 4 is 27.5 Å². The van der Waals surface area contributed by atoms with Gasteiger partial charge in [-0.05, 0) is 24.1 Å². The van der Waals surface area contributed by atoms with Crippen molar-refractivity contribution < 1.29 is 22.0 Å². The normalized spacial score (nSPS) is 14.2. The fraction of sp³-hybridized carbons (Fsp3) is 0.400. The number of hydrogen-bond donors (Lipinski definition) is 0. The second kappa shape index (κ2) is 5.10. The summed E-state index contributed by atoms with van der Waals surface area (Å²) in [7, 11) is 0. The predicted octanol–water partition coefficient (Wildman–Crippen LogP) is 5.12. The highest BCUT2D eigenvalue weighted by molar-refractivity contribution is 9.09. The molecule has 1 unspecified atom stereocenters. The molecule has 0 fully saturated rings. The third-order valence-electron chi connectivity index (χ3n) is 2.18. The van der Waals surface area contributed by atoms with Crippen molar-refractivity contribution in [1.29, 1.82) is 0 Å². The van der Waals surface area contributed by atoms with Gasteiger partial charge in [-0.15, -0.1) is 0 Å². The van der Waals surface area contributed by atoms with Gasteiger partial charge in [0.2, 0.25) is 0 Å². The molecule has 0 amide bonds. The Morgan fingerprint density at radius 3 is 2.29 bits per heavy atom. The fourth-order valence-corrected chi connectivity index (χ4v) is 2.16. The molecule has 0 N–H and O–H groups in total. The number of benzene rings is 1. The molecule has 1 atom stereocenters. The van der Waals surface area contributed by atoms with E-state index < -0.39 is 23.0 Å². The van der Waals surface area contributed by atoms with Crippen LogP contribution in [0.25, 0.3) is 0 Å². The van der Waals surface area contributed by atoms with Crippen molar-refractivity contribution in [3.63, 3.8) is 0 Å². The van der Waals surface area contributed by atoms with Crippen LogP contribution in [0.5, 0.6) is 0 Å². The van der Waals surface area contributed by atoms with E-state index in [9.17, 15) is 22.0 Å². The van der Waals surface area contributed by atoms with Gasteiger partial charge in [0, 0.05) is 5.02 Å². The molecule has 0 radical (unpaired) electrons. The van der Waals surface area contributed by atoms with Gasteiger partial charge in [0.1, 0.15) is 10.6 Å². The van der Waals surface area contributed by atoms with Crippen molar-refractivity contribution in [2.45, 2.75) is 24.1 Å². The summed E-state index contributed by atoms with van der Waals surface area (Å²) in [6, 6.07) is 1.84. The average Bonchev–Trinajstić information content (AvgIpc) is 2.22. The molecule has 7 heteroatoms. The largest absolute Gasteiger partial charge is 0.323 e. The van der Waals surface area contributed by atoms with Gasteiger partial charge in [-0.2, -0.15) is 8.78 Å². The highest BCUT2D eigenvalue weighted by Crippen LogP contribution is 2.45. The first kappa shape index (κ1) is 14.7. The number of aryl methyl sites for hydroxylation is 1. The maximum Gasteiger partial charge on any atom is 0.323 e. The zero-order valence-corrected chi connectivity index (χ0v) is 10.8. The Hall–Kier alpha value is -0.360. The van der Waals surface area contributed by atoms with E-state index in [0.29, 0.717) is 0 Å². The maximum absolute atomic E-state index is 13.1. The van der Waals surface area contributed by atoms with Gasteiger partial charge >= 0.3 is 12.3 Å². The van der Waals surface area contributed by atoms with Crippen LogP contribution in [0.3, 0.4) is 0 Å². The molecule has 0 heterocycles. The monoisotopic (exact) mass is 336 g/mol. The van der Waals surface area contributed by atoms with E-state index in [1.807, 2.05) is 0 Å². The first-order valence-corrected chi connectivity index (χ1v) is 5.72. The minimum Gasteiger partial charge on any atom is -0.207 e. The molecule has 0 aromatic heterocycles. The molecular formula is C10H7BrClF5. The molecule has 1 aromatic carbocycles. The van der Waals surface area contributed by atoms with Crippen LogP contribution >= 0.6 is 27.5 Å². The third-order valence-corrected chi connectivity index (χ3v) is 3.61. The van der Waals surface area contributed by atoms with Gasteiger partial charge in [-0.25, -0.2) is 13.2 Å². The summed E-state index contributed by atoms with van der Waals surface area (Å²) in [6.45, 7) is 1.33. The molecule has 0 aliphatic carbocycles. The van der Waals surface area contributed by atoms with Crippen LogP contribution in [0.1, 0.15) is 16.0 Å². The van der Waals surface area contributed by atoms with Crippen molar-refractivity contribution in [1.82, 2.24) is 0 Å². The number of hydrogen-bond acceptors (Lipinski definition) is 0. The van der Waals surface area contributed by atoms with E-state index >= 15 is 0 Å². The molecule has 0 aliphatic heterocycles. The van der Waals surface area contributed by atoms with Crippen LogP contribution in [-0.4, -0.2) is 12.3 Å². The second-order valence-electron chi connectivity index (χ2n) is 3.46. The highest BCUT2D eigenvalue weighted by Gasteiger charge is 2.48. The van der Waals surface area contributed by atoms with Crippen LogP contribution in [0.2, 0.25) is 5.02 Å². The Bertz CT molecular complexity index is 421. The molecule has 96 valence electrons. The lowest BCUT2D eigenvalue weighted by atomic mass is 10.0. The first-order valence-electron chi connectivity index (χ1n) is 4.43. The molecule has 0 saturated heterocycles. The summed E-state index contributed by atoms with van der Waals surface area (Å²) < 4.78 is 63.5. The molecule has 17 heavy (non-hydrogen) atoms. The quantitative estimate of drug-likeness (QED) is 0.530. The highest BCUT2D eigenvalue weighted by atomic mass is 79.9. The lowest BCUT2D eigenvalue weighted by Crippen LogP contribution is -2.31. The van der Waals surface area contributed by atoms with E-state index in [4.69, 9.17) is 11.6 Å². The Kier molecular flexibility index (Phi) is 4.41. The van der Waals surface area contributed by atoms with Gasteiger partial charge in [-0.3, -0.25) is 0 Å². The molecule has 0 bridgehead atoms. The van der Waals surface area contributed by atoms with Crippen LogP contribution in [0.4, 0.5) is 22.0 Å². The van der Waals surface area contributed by atoms with Gasteiger partial charge < -0.3 is 0 Å².